The second kappa shape index (κ2) is 9.58. The van der Waals surface area contributed by atoms with Crippen LogP contribution >= 0.6 is 11.3 Å². The molecule has 1 aromatic carbocycles. The molecule has 1 aliphatic heterocycles. The number of hydrogen-bond donors (Lipinski definition) is 1. The van der Waals surface area contributed by atoms with Crippen molar-refractivity contribution in [2.24, 2.45) is 5.92 Å². The summed E-state index contributed by atoms with van der Waals surface area (Å²) in [4.78, 5) is 16.9. The van der Waals surface area contributed by atoms with Gasteiger partial charge >= 0.3 is 0 Å². The molecule has 0 unspecified atom stereocenters. The molecule has 1 amide bonds. The number of carbonyl (C=O) groups is 1. The molecule has 0 saturated carbocycles. The van der Waals surface area contributed by atoms with Crippen LogP contribution in [0.3, 0.4) is 0 Å². The minimum atomic E-state index is -3.81. The van der Waals surface area contributed by atoms with Gasteiger partial charge in [-0.2, -0.15) is 4.31 Å². The van der Waals surface area contributed by atoms with Crippen LogP contribution in [0.4, 0.5) is 5.13 Å². The van der Waals surface area contributed by atoms with Crippen LogP contribution in [-0.2, 0) is 14.8 Å². The summed E-state index contributed by atoms with van der Waals surface area (Å²) in [7, 11) is -3.81. The van der Waals surface area contributed by atoms with Gasteiger partial charge in [0.15, 0.2) is 15.8 Å². The zero-order valence-corrected chi connectivity index (χ0v) is 20.4. The molecule has 3 heterocycles. The van der Waals surface area contributed by atoms with Gasteiger partial charge in [0.25, 0.3) is 0 Å². The second-order valence-electron chi connectivity index (χ2n) is 8.17. The van der Waals surface area contributed by atoms with Gasteiger partial charge in [-0.05, 0) is 45.3 Å². The van der Waals surface area contributed by atoms with E-state index in [-0.39, 0.29) is 35.6 Å². The van der Waals surface area contributed by atoms with Gasteiger partial charge in [0.2, 0.25) is 15.9 Å². The number of thiazole rings is 1. The van der Waals surface area contributed by atoms with Gasteiger partial charge in [-0.1, -0.05) is 41.1 Å². The van der Waals surface area contributed by atoms with Crippen LogP contribution in [0.15, 0.2) is 39.1 Å². The maximum absolute atomic E-state index is 13.4. The van der Waals surface area contributed by atoms with Gasteiger partial charge in [0.05, 0.1) is 5.69 Å². The average molecular weight is 487 g/mol. The van der Waals surface area contributed by atoms with Gasteiger partial charge in [-0.3, -0.25) is 4.79 Å². The highest BCUT2D eigenvalue weighted by Gasteiger charge is 2.36. The molecule has 10 heteroatoms. The summed E-state index contributed by atoms with van der Waals surface area (Å²) >= 11 is 1.38. The summed E-state index contributed by atoms with van der Waals surface area (Å²) in [6.45, 7) is 6.00. The normalized spacial score (nSPS) is 15.8. The Kier molecular flexibility index (Phi) is 6.78. The fourth-order valence-electron chi connectivity index (χ4n) is 3.75. The first kappa shape index (κ1) is 23.3. The smallest absolute Gasteiger partial charge is 0.248 e. The first-order valence-corrected chi connectivity index (χ1v) is 13.0. The third-order valence-corrected chi connectivity index (χ3v) is 8.54. The van der Waals surface area contributed by atoms with Crippen molar-refractivity contribution in [2.45, 2.75) is 38.5 Å². The molecule has 174 valence electrons. The summed E-state index contributed by atoms with van der Waals surface area (Å²) in [5.74, 6) is -0.179. The lowest BCUT2D eigenvalue weighted by atomic mass is 9.97. The van der Waals surface area contributed by atoms with Crippen LogP contribution in [0.2, 0.25) is 0 Å². The van der Waals surface area contributed by atoms with E-state index in [4.69, 9.17) is 4.52 Å². The van der Waals surface area contributed by atoms with Crippen LogP contribution in [-0.4, -0.2) is 41.9 Å². The second-order valence-corrected chi connectivity index (χ2v) is 10.9. The van der Waals surface area contributed by atoms with E-state index in [9.17, 15) is 13.2 Å². The van der Waals surface area contributed by atoms with Crippen molar-refractivity contribution in [2.75, 3.05) is 18.4 Å². The van der Waals surface area contributed by atoms with Gasteiger partial charge < -0.3 is 9.84 Å². The molecule has 0 bridgehead atoms. The molecule has 3 aromatic rings. The summed E-state index contributed by atoms with van der Waals surface area (Å²) < 4.78 is 33.5. The predicted molar refractivity (Wildman–Crippen MR) is 128 cm³/mol. The molecule has 0 atom stereocenters. The number of nitrogens with one attached hydrogen (secondary N) is 1. The standard InChI is InChI=1S/C23H26N4O4S2/c1-15-4-6-18(7-5-15)8-9-20-21(17(3)26-31-20)33(29,30)27-12-10-19(11-13-27)22(28)25-23-24-16(2)14-32-23/h4-9,14,19H,10-13H2,1-3H3,(H,24,25,28). The molecule has 1 aliphatic rings. The zero-order chi connectivity index (χ0) is 23.6. The number of aromatic nitrogens is 2. The van der Waals surface area contributed by atoms with Crippen molar-refractivity contribution in [3.8, 4) is 0 Å². The summed E-state index contributed by atoms with van der Waals surface area (Å²) in [6.07, 6.45) is 4.31. The van der Waals surface area contributed by atoms with Crippen LogP contribution in [0.1, 0.15) is 41.1 Å². The number of anilines is 1. The fourth-order valence-corrected chi connectivity index (χ4v) is 6.17. The summed E-state index contributed by atoms with van der Waals surface area (Å²) in [5.41, 5.74) is 3.25. The third kappa shape index (κ3) is 5.23. The van der Waals surface area contributed by atoms with Crippen LogP contribution in [0, 0.1) is 26.7 Å². The molecular weight excluding hydrogens is 460 g/mol. The SMILES string of the molecule is Cc1ccc(C=Cc2onc(C)c2S(=O)(=O)N2CCC(C(=O)Nc3nc(C)cs3)CC2)cc1. The predicted octanol–water partition coefficient (Wildman–Crippen LogP) is 4.27. The number of amides is 1. The van der Waals surface area contributed by atoms with Crippen molar-refractivity contribution in [1.82, 2.24) is 14.4 Å². The number of carbonyl (C=O) groups excluding carboxylic acids is 1. The number of benzene rings is 1. The highest BCUT2D eigenvalue weighted by Crippen LogP contribution is 2.30. The molecule has 2 aromatic heterocycles. The Morgan fingerprint density at radius 2 is 1.85 bits per heavy atom. The zero-order valence-electron chi connectivity index (χ0n) is 18.7. The average Bonchev–Trinajstić information content (AvgIpc) is 3.38. The van der Waals surface area contributed by atoms with Crippen molar-refractivity contribution in [1.29, 1.82) is 0 Å². The maximum atomic E-state index is 13.4. The largest absolute Gasteiger partial charge is 0.355 e. The van der Waals surface area contributed by atoms with Gasteiger partial charge in [0, 0.05) is 24.4 Å². The minimum Gasteiger partial charge on any atom is -0.355 e. The van der Waals surface area contributed by atoms with Crippen molar-refractivity contribution in [3.63, 3.8) is 0 Å². The lowest BCUT2D eigenvalue weighted by molar-refractivity contribution is -0.120. The van der Waals surface area contributed by atoms with E-state index < -0.39 is 10.0 Å². The third-order valence-electron chi connectivity index (χ3n) is 5.61. The quantitative estimate of drug-likeness (QED) is 0.558. The Balaban J connectivity index is 1.45. The van der Waals surface area contributed by atoms with E-state index in [0.717, 1.165) is 16.8 Å². The number of aryl methyl sites for hydroxylation is 3. The molecule has 1 N–H and O–H groups in total. The highest BCUT2D eigenvalue weighted by molar-refractivity contribution is 7.89. The summed E-state index contributed by atoms with van der Waals surface area (Å²) in [6, 6.07) is 7.87. The molecule has 0 aliphatic carbocycles. The molecular formula is C23H26N4O4S2. The Morgan fingerprint density at radius 3 is 2.48 bits per heavy atom. The van der Waals surface area contributed by atoms with Gasteiger partial charge in [-0.25, -0.2) is 13.4 Å². The topological polar surface area (TPSA) is 105 Å². The molecule has 33 heavy (non-hydrogen) atoms. The van der Waals surface area contributed by atoms with E-state index in [2.05, 4.69) is 15.5 Å². The van der Waals surface area contributed by atoms with Crippen LogP contribution in [0.25, 0.3) is 12.2 Å². The van der Waals surface area contributed by atoms with Crippen LogP contribution in [0.5, 0.6) is 0 Å². The van der Waals surface area contributed by atoms with Crippen molar-refractivity contribution < 1.29 is 17.7 Å². The number of hydrogen-bond acceptors (Lipinski definition) is 7. The fraction of sp³-hybridized carbons (Fsp3) is 0.348. The van der Waals surface area contributed by atoms with Gasteiger partial charge in [-0.15, -0.1) is 11.3 Å². The summed E-state index contributed by atoms with van der Waals surface area (Å²) in [5, 5.41) is 9.17. The maximum Gasteiger partial charge on any atom is 0.248 e. The molecule has 1 saturated heterocycles. The first-order valence-electron chi connectivity index (χ1n) is 10.7. The Labute approximate surface area is 197 Å². The Bertz CT molecular complexity index is 1270. The van der Waals surface area contributed by atoms with E-state index in [1.165, 1.54) is 15.6 Å². The first-order chi connectivity index (χ1) is 15.7. The van der Waals surface area contributed by atoms with E-state index >= 15 is 0 Å². The van der Waals surface area contributed by atoms with E-state index in [1.807, 2.05) is 43.5 Å². The van der Waals surface area contributed by atoms with Crippen molar-refractivity contribution in [3.05, 3.63) is 57.9 Å². The van der Waals surface area contributed by atoms with Gasteiger partial charge in [0.1, 0.15) is 5.69 Å². The lowest BCUT2D eigenvalue weighted by Gasteiger charge is -2.30. The molecule has 8 nitrogen and oxygen atoms in total. The Hall–Kier alpha value is -2.82. The minimum absolute atomic E-state index is 0.0759. The monoisotopic (exact) mass is 486 g/mol. The molecule has 0 radical (unpaired) electrons. The lowest BCUT2D eigenvalue weighted by Crippen LogP contribution is -2.41. The highest BCUT2D eigenvalue weighted by atomic mass is 32.2. The number of nitrogens with zero attached hydrogens (tertiary/aromatic N) is 3. The van der Waals surface area contributed by atoms with E-state index in [1.54, 1.807) is 19.1 Å². The molecule has 1 fully saturated rings. The van der Waals surface area contributed by atoms with E-state index in [0.29, 0.717) is 23.7 Å². The number of rotatable bonds is 6. The van der Waals surface area contributed by atoms with Crippen molar-refractivity contribution >= 4 is 44.6 Å². The molecule has 4 rings (SSSR count). The number of sulfonamides is 1. The van der Waals surface area contributed by atoms with Crippen LogP contribution < -0.4 is 5.32 Å². The molecule has 0 spiro atoms. The number of piperidine rings is 1. The Morgan fingerprint density at radius 1 is 1.15 bits per heavy atom.